The number of rotatable bonds is 5. The van der Waals surface area contributed by atoms with Crippen LogP contribution in [0.4, 0.5) is 10.1 Å². The first kappa shape index (κ1) is 19.9. The molecule has 1 N–H and O–H groups in total. The van der Waals surface area contributed by atoms with Gasteiger partial charge in [-0.3, -0.25) is 9.69 Å². The van der Waals surface area contributed by atoms with Crippen molar-refractivity contribution in [3.63, 3.8) is 0 Å². The Morgan fingerprint density at radius 3 is 2.66 bits per heavy atom. The van der Waals surface area contributed by atoms with E-state index in [1.165, 1.54) is 23.4 Å². The highest BCUT2D eigenvalue weighted by molar-refractivity contribution is 5.82. The molecular formula is C24H30FN3O. The minimum Gasteiger partial charge on any atom is -0.365 e. The van der Waals surface area contributed by atoms with Crippen molar-refractivity contribution < 1.29 is 9.18 Å². The van der Waals surface area contributed by atoms with Crippen LogP contribution in [-0.4, -0.2) is 43.0 Å². The maximum Gasteiger partial charge on any atom is 0.225 e. The van der Waals surface area contributed by atoms with Gasteiger partial charge in [-0.1, -0.05) is 44.2 Å². The molecule has 154 valence electrons. The van der Waals surface area contributed by atoms with Crippen LogP contribution in [0.3, 0.4) is 0 Å². The van der Waals surface area contributed by atoms with Crippen molar-refractivity contribution in [2.75, 3.05) is 31.1 Å². The van der Waals surface area contributed by atoms with Crippen molar-refractivity contribution in [2.45, 2.75) is 32.9 Å². The summed E-state index contributed by atoms with van der Waals surface area (Å²) in [6.07, 6.45) is 0.783. The minimum atomic E-state index is -0.204. The Kier molecular flexibility index (Phi) is 5.86. The number of anilines is 1. The van der Waals surface area contributed by atoms with Crippen molar-refractivity contribution in [1.82, 2.24) is 10.2 Å². The van der Waals surface area contributed by atoms with E-state index in [9.17, 15) is 9.18 Å². The summed E-state index contributed by atoms with van der Waals surface area (Å²) in [5.41, 5.74) is 3.64. The number of hydrogen-bond donors (Lipinski definition) is 1. The molecule has 2 heterocycles. The summed E-state index contributed by atoms with van der Waals surface area (Å²) in [6.45, 7) is 8.40. The molecule has 0 aliphatic carbocycles. The normalized spacial score (nSPS) is 21.6. The van der Waals surface area contributed by atoms with Gasteiger partial charge < -0.3 is 10.2 Å². The number of fused-ring (bicyclic) bond motifs is 3. The molecule has 2 aromatic carbocycles. The molecule has 0 saturated carbocycles. The van der Waals surface area contributed by atoms with Crippen molar-refractivity contribution >= 4 is 11.6 Å². The third-order valence-corrected chi connectivity index (χ3v) is 6.05. The summed E-state index contributed by atoms with van der Waals surface area (Å²) in [6, 6.07) is 15.4. The zero-order valence-corrected chi connectivity index (χ0v) is 17.3. The summed E-state index contributed by atoms with van der Waals surface area (Å²) in [7, 11) is 0. The molecule has 0 radical (unpaired) electrons. The van der Waals surface area contributed by atoms with E-state index >= 15 is 0 Å². The number of nitrogens with one attached hydrogen (secondary N) is 1. The van der Waals surface area contributed by atoms with Crippen LogP contribution in [0.15, 0.2) is 48.5 Å². The average Bonchev–Trinajstić information content (AvgIpc) is 2.73. The van der Waals surface area contributed by atoms with Crippen molar-refractivity contribution in [1.29, 1.82) is 0 Å². The van der Waals surface area contributed by atoms with E-state index in [0.29, 0.717) is 12.5 Å². The fourth-order valence-electron chi connectivity index (χ4n) is 4.54. The number of para-hydroxylation sites is 1. The molecule has 0 bridgehead atoms. The highest BCUT2D eigenvalue weighted by Gasteiger charge is 2.41. The Balaban J connectivity index is 1.54. The van der Waals surface area contributed by atoms with E-state index in [4.69, 9.17) is 0 Å². The molecule has 1 fully saturated rings. The molecular weight excluding hydrogens is 365 g/mol. The van der Waals surface area contributed by atoms with Gasteiger partial charge in [0.25, 0.3) is 0 Å². The smallest absolute Gasteiger partial charge is 0.225 e. The van der Waals surface area contributed by atoms with Gasteiger partial charge in [-0.05, 0) is 41.7 Å². The van der Waals surface area contributed by atoms with Crippen LogP contribution in [-0.2, 0) is 17.8 Å². The summed E-state index contributed by atoms with van der Waals surface area (Å²) >= 11 is 0. The van der Waals surface area contributed by atoms with Crippen molar-refractivity contribution in [2.24, 2.45) is 11.8 Å². The zero-order chi connectivity index (χ0) is 20.4. The second-order valence-electron chi connectivity index (χ2n) is 8.70. The predicted molar refractivity (Wildman–Crippen MR) is 114 cm³/mol. The molecule has 0 spiro atoms. The average molecular weight is 396 g/mol. The molecule has 0 aromatic heterocycles. The van der Waals surface area contributed by atoms with Gasteiger partial charge in [0.15, 0.2) is 0 Å². The highest BCUT2D eigenvalue weighted by atomic mass is 19.1. The molecule has 1 saturated heterocycles. The first-order valence-electron chi connectivity index (χ1n) is 10.6. The van der Waals surface area contributed by atoms with Gasteiger partial charge in [-0.25, -0.2) is 4.39 Å². The van der Waals surface area contributed by atoms with Crippen LogP contribution in [0.1, 0.15) is 25.0 Å². The maximum absolute atomic E-state index is 13.2. The van der Waals surface area contributed by atoms with E-state index in [-0.39, 0.29) is 23.7 Å². The van der Waals surface area contributed by atoms with Crippen molar-refractivity contribution in [3.05, 3.63) is 65.5 Å². The second-order valence-corrected chi connectivity index (χ2v) is 8.70. The monoisotopic (exact) mass is 395 g/mol. The Morgan fingerprint density at radius 2 is 1.90 bits per heavy atom. The first-order valence-corrected chi connectivity index (χ1v) is 10.6. The second kappa shape index (κ2) is 8.54. The number of nitrogens with zero attached hydrogens (tertiary/aromatic N) is 2. The van der Waals surface area contributed by atoms with Gasteiger partial charge >= 0.3 is 0 Å². The first-order chi connectivity index (χ1) is 14.0. The van der Waals surface area contributed by atoms with Gasteiger partial charge in [0.1, 0.15) is 5.82 Å². The van der Waals surface area contributed by atoms with Crippen LogP contribution in [0, 0.1) is 17.7 Å². The predicted octanol–water partition coefficient (Wildman–Crippen LogP) is 3.46. The molecule has 2 aliphatic rings. The number of halogens is 1. The fourth-order valence-corrected chi connectivity index (χ4v) is 4.54. The quantitative estimate of drug-likeness (QED) is 0.842. The Morgan fingerprint density at radius 1 is 1.14 bits per heavy atom. The molecule has 29 heavy (non-hydrogen) atoms. The van der Waals surface area contributed by atoms with Gasteiger partial charge in [0.2, 0.25) is 5.91 Å². The lowest BCUT2D eigenvalue weighted by Crippen LogP contribution is -2.61. The van der Waals surface area contributed by atoms with Crippen LogP contribution in [0.2, 0.25) is 0 Å². The molecule has 1 amide bonds. The molecule has 2 aromatic rings. The third kappa shape index (κ3) is 4.45. The molecule has 4 rings (SSSR count). The molecule has 4 nitrogen and oxygen atoms in total. The van der Waals surface area contributed by atoms with E-state index in [2.05, 4.69) is 53.2 Å². The SMILES string of the molecule is CC(C)CNC(=O)[C@@H]1Cc2ccccc2N2CCN(Cc3ccc(F)cc3)C[C@H]12. The summed E-state index contributed by atoms with van der Waals surface area (Å²) < 4.78 is 13.2. The molecule has 0 unspecified atom stereocenters. The van der Waals surface area contributed by atoms with Crippen LogP contribution >= 0.6 is 0 Å². The number of carbonyl (C=O) groups is 1. The highest BCUT2D eigenvalue weighted by Crippen LogP contribution is 2.36. The zero-order valence-electron chi connectivity index (χ0n) is 17.3. The fraction of sp³-hybridized carbons (Fsp3) is 0.458. The largest absolute Gasteiger partial charge is 0.365 e. The number of carbonyl (C=O) groups excluding carboxylic acids is 1. The van der Waals surface area contributed by atoms with E-state index in [1.54, 1.807) is 0 Å². The Labute approximate surface area is 172 Å². The molecule has 2 aliphatic heterocycles. The summed E-state index contributed by atoms with van der Waals surface area (Å²) in [5.74, 6) is 0.336. The van der Waals surface area contributed by atoms with Crippen molar-refractivity contribution in [3.8, 4) is 0 Å². The number of hydrogen-bond acceptors (Lipinski definition) is 3. The minimum absolute atomic E-state index is 0.0559. The lowest BCUT2D eigenvalue weighted by Gasteiger charge is -2.49. The van der Waals surface area contributed by atoms with Gasteiger partial charge in [0.05, 0.1) is 12.0 Å². The number of benzene rings is 2. The lowest BCUT2D eigenvalue weighted by atomic mass is 9.83. The standard InChI is InChI=1S/C24H30FN3O/c1-17(2)14-26-24(29)21-13-19-5-3-4-6-22(19)28-12-11-27(16-23(21)28)15-18-7-9-20(25)10-8-18/h3-10,17,21,23H,11-16H2,1-2H3,(H,26,29)/t21-,23-/m1/s1. The van der Waals surface area contributed by atoms with Gasteiger partial charge in [-0.15, -0.1) is 0 Å². The third-order valence-electron chi connectivity index (χ3n) is 6.05. The van der Waals surface area contributed by atoms with E-state index in [0.717, 1.165) is 38.2 Å². The van der Waals surface area contributed by atoms with E-state index in [1.807, 2.05) is 12.1 Å². The van der Waals surface area contributed by atoms with Crippen LogP contribution in [0.5, 0.6) is 0 Å². The van der Waals surface area contributed by atoms with E-state index < -0.39 is 0 Å². The molecule has 5 heteroatoms. The number of piperazine rings is 1. The molecule has 2 atom stereocenters. The van der Waals surface area contributed by atoms with Crippen LogP contribution in [0.25, 0.3) is 0 Å². The summed E-state index contributed by atoms with van der Waals surface area (Å²) in [5, 5.41) is 3.16. The van der Waals surface area contributed by atoms with Gasteiger partial charge in [-0.2, -0.15) is 0 Å². The summed E-state index contributed by atoms with van der Waals surface area (Å²) in [4.78, 5) is 17.9. The Hall–Kier alpha value is -2.40. The maximum atomic E-state index is 13.2. The topological polar surface area (TPSA) is 35.6 Å². The lowest BCUT2D eigenvalue weighted by molar-refractivity contribution is -0.126. The number of amides is 1. The van der Waals surface area contributed by atoms with Gasteiger partial charge in [0, 0.05) is 38.4 Å². The van der Waals surface area contributed by atoms with Crippen LogP contribution < -0.4 is 10.2 Å². The Bertz CT molecular complexity index is 851.